The smallest absolute Gasteiger partial charge is 0.276 e. The molecule has 0 saturated heterocycles. The normalized spacial score (nSPS) is 14.3. The molecule has 0 aromatic carbocycles. The summed E-state index contributed by atoms with van der Waals surface area (Å²) in [6.45, 7) is 1.97. The van der Waals surface area contributed by atoms with Crippen LogP contribution in [0.3, 0.4) is 0 Å². The Balaban J connectivity index is 2.07. The summed E-state index contributed by atoms with van der Waals surface area (Å²) in [7, 11) is 0. The number of aryl methyl sites for hydroxylation is 2. The van der Waals surface area contributed by atoms with E-state index in [9.17, 15) is 4.79 Å². The van der Waals surface area contributed by atoms with Crippen molar-refractivity contribution in [2.45, 2.75) is 32.6 Å². The number of nitrogens with zero attached hydrogens (tertiary/aromatic N) is 3. The number of nitrogens with one attached hydrogen (secondary N) is 1. The van der Waals surface area contributed by atoms with Crippen molar-refractivity contribution in [3.63, 3.8) is 0 Å². The van der Waals surface area contributed by atoms with Crippen molar-refractivity contribution in [1.82, 2.24) is 19.6 Å². The summed E-state index contributed by atoms with van der Waals surface area (Å²) in [4.78, 5) is 21.6. The van der Waals surface area contributed by atoms with Gasteiger partial charge in [0.25, 0.3) is 5.56 Å². The molecule has 0 unspecified atom stereocenters. The van der Waals surface area contributed by atoms with Crippen molar-refractivity contribution < 1.29 is 0 Å². The molecule has 21 heavy (non-hydrogen) atoms. The van der Waals surface area contributed by atoms with E-state index in [0.29, 0.717) is 5.65 Å². The SMILES string of the molecule is Cc1[nH]n2c(=O)c3c(nc2c1-c1cccnc1)CCCC3. The molecule has 4 rings (SSSR count). The molecule has 1 aliphatic carbocycles. The van der Waals surface area contributed by atoms with Crippen molar-refractivity contribution in [1.29, 1.82) is 0 Å². The van der Waals surface area contributed by atoms with Gasteiger partial charge in [-0.05, 0) is 38.7 Å². The first-order valence-corrected chi connectivity index (χ1v) is 7.29. The van der Waals surface area contributed by atoms with Crippen LogP contribution in [0.1, 0.15) is 29.8 Å². The van der Waals surface area contributed by atoms with E-state index in [1.807, 2.05) is 25.3 Å². The number of aromatic amines is 1. The lowest BCUT2D eigenvalue weighted by atomic mass is 9.97. The minimum Gasteiger partial charge on any atom is -0.293 e. The number of H-pyrrole nitrogens is 1. The first-order chi connectivity index (χ1) is 10.3. The van der Waals surface area contributed by atoms with Gasteiger partial charge in [0.15, 0.2) is 5.65 Å². The van der Waals surface area contributed by atoms with Gasteiger partial charge in [-0.1, -0.05) is 6.07 Å². The molecule has 0 aliphatic heterocycles. The standard InChI is InChI=1S/C16H16N4O/c1-10-14(11-5-4-8-17-9-11)15-18-13-7-3-2-6-12(13)16(21)20(15)19-10/h4-5,8-9,19H,2-3,6-7H2,1H3. The van der Waals surface area contributed by atoms with Gasteiger partial charge in [0.2, 0.25) is 0 Å². The fourth-order valence-electron chi connectivity index (χ4n) is 3.17. The summed E-state index contributed by atoms with van der Waals surface area (Å²) < 4.78 is 1.59. The van der Waals surface area contributed by atoms with Crippen LogP contribution in [0.2, 0.25) is 0 Å². The van der Waals surface area contributed by atoms with E-state index in [-0.39, 0.29) is 5.56 Å². The summed E-state index contributed by atoms with van der Waals surface area (Å²) in [5.74, 6) is 0. The van der Waals surface area contributed by atoms with Crippen LogP contribution < -0.4 is 5.56 Å². The second-order valence-electron chi connectivity index (χ2n) is 5.56. The zero-order valence-electron chi connectivity index (χ0n) is 11.9. The van der Waals surface area contributed by atoms with Crippen LogP contribution in [0, 0.1) is 6.92 Å². The quantitative estimate of drug-likeness (QED) is 0.743. The zero-order valence-corrected chi connectivity index (χ0v) is 11.9. The summed E-state index contributed by atoms with van der Waals surface area (Å²) in [6, 6.07) is 3.89. The maximum Gasteiger partial charge on any atom is 0.276 e. The van der Waals surface area contributed by atoms with Crippen LogP contribution in [-0.2, 0) is 12.8 Å². The van der Waals surface area contributed by atoms with Crippen LogP contribution in [0.5, 0.6) is 0 Å². The summed E-state index contributed by atoms with van der Waals surface area (Å²) in [5.41, 5.74) is 5.49. The average Bonchev–Trinajstić information content (AvgIpc) is 2.85. The van der Waals surface area contributed by atoms with E-state index in [1.54, 1.807) is 10.7 Å². The minimum atomic E-state index is 0.0490. The lowest BCUT2D eigenvalue weighted by molar-refractivity contribution is 0.651. The highest BCUT2D eigenvalue weighted by Crippen LogP contribution is 2.27. The number of aromatic nitrogens is 4. The predicted molar refractivity (Wildman–Crippen MR) is 80.4 cm³/mol. The summed E-state index contributed by atoms with van der Waals surface area (Å²) in [5, 5.41) is 3.16. The van der Waals surface area contributed by atoms with E-state index >= 15 is 0 Å². The molecule has 1 N–H and O–H groups in total. The Bertz CT molecular complexity index is 877. The van der Waals surface area contributed by atoms with Gasteiger partial charge in [-0.15, -0.1) is 0 Å². The third-order valence-corrected chi connectivity index (χ3v) is 4.18. The molecule has 5 nitrogen and oxygen atoms in total. The van der Waals surface area contributed by atoms with Crippen molar-refractivity contribution in [2.75, 3.05) is 0 Å². The van der Waals surface area contributed by atoms with Gasteiger partial charge in [0, 0.05) is 34.8 Å². The highest BCUT2D eigenvalue weighted by atomic mass is 16.1. The Morgan fingerprint density at radius 1 is 1.29 bits per heavy atom. The second-order valence-corrected chi connectivity index (χ2v) is 5.56. The van der Waals surface area contributed by atoms with Crippen molar-refractivity contribution in [3.05, 3.63) is 51.8 Å². The second kappa shape index (κ2) is 4.55. The predicted octanol–water partition coefficient (Wildman–Crippen LogP) is 2.27. The van der Waals surface area contributed by atoms with Crippen molar-refractivity contribution >= 4 is 5.65 Å². The Morgan fingerprint density at radius 2 is 2.14 bits per heavy atom. The van der Waals surface area contributed by atoms with Crippen molar-refractivity contribution in [3.8, 4) is 11.1 Å². The number of hydrogen-bond donors (Lipinski definition) is 1. The first-order valence-electron chi connectivity index (χ1n) is 7.29. The van der Waals surface area contributed by atoms with E-state index in [4.69, 9.17) is 4.98 Å². The molecule has 0 spiro atoms. The Hall–Kier alpha value is -2.43. The first kappa shape index (κ1) is 12.3. The van der Waals surface area contributed by atoms with Crippen LogP contribution in [-0.4, -0.2) is 19.6 Å². The van der Waals surface area contributed by atoms with Crippen molar-refractivity contribution in [2.24, 2.45) is 0 Å². The highest BCUT2D eigenvalue weighted by molar-refractivity contribution is 5.79. The molecule has 106 valence electrons. The maximum atomic E-state index is 12.6. The molecule has 0 atom stereocenters. The number of rotatable bonds is 1. The Labute approximate surface area is 121 Å². The van der Waals surface area contributed by atoms with Gasteiger partial charge in [0.1, 0.15) is 0 Å². The van der Waals surface area contributed by atoms with Crippen LogP contribution in [0.4, 0.5) is 0 Å². The molecular weight excluding hydrogens is 264 g/mol. The topological polar surface area (TPSA) is 63.0 Å². The van der Waals surface area contributed by atoms with E-state index in [0.717, 1.165) is 53.8 Å². The highest BCUT2D eigenvalue weighted by Gasteiger charge is 2.20. The zero-order chi connectivity index (χ0) is 14.4. The van der Waals surface area contributed by atoms with Gasteiger partial charge in [-0.25, -0.2) is 9.50 Å². The fourth-order valence-corrected chi connectivity index (χ4v) is 3.17. The molecule has 0 fully saturated rings. The summed E-state index contributed by atoms with van der Waals surface area (Å²) in [6.07, 6.45) is 7.48. The lowest BCUT2D eigenvalue weighted by Crippen LogP contribution is -2.25. The minimum absolute atomic E-state index is 0.0490. The van der Waals surface area contributed by atoms with Gasteiger partial charge >= 0.3 is 0 Å². The van der Waals surface area contributed by atoms with Crippen LogP contribution in [0.15, 0.2) is 29.3 Å². The number of fused-ring (bicyclic) bond motifs is 2. The van der Waals surface area contributed by atoms with Gasteiger partial charge in [0.05, 0.1) is 5.69 Å². The molecule has 5 heteroatoms. The third kappa shape index (κ3) is 1.81. The van der Waals surface area contributed by atoms with Crippen LogP contribution >= 0.6 is 0 Å². The van der Waals surface area contributed by atoms with E-state index in [1.165, 1.54) is 0 Å². The molecule has 0 saturated carbocycles. The third-order valence-electron chi connectivity index (χ3n) is 4.18. The van der Waals surface area contributed by atoms with Gasteiger partial charge < -0.3 is 0 Å². The maximum absolute atomic E-state index is 12.6. The molecular formula is C16H16N4O. The van der Waals surface area contributed by atoms with Gasteiger partial charge in [-0.2, -0.15) is 0 Å². The number of pyridine rings is 1. The largest absolute Gasteiger partial charge is 0.293 e. The summed E-state index contributed by atoms with van der Waals surface area (Å²) >= 11 is 0. The average molecular weight is 280 g/mol. The van der Waals surface area contributed by atoms with E-state index < -0.39 is 0 Å². The molecule has 1 aliphatic rings. The molecule has 3 heterocycles. The van der Waals surface area contributed by atoms with Gasteiger partial charge in [-0.3, -0.25) is 14.9 Å². The van der Waals surface area contributed by atoms with Crippen LogP contribution in [0.25, 0.3) is 16.8 Å². The molecule has 0 bridgehead atoms. The monoisotopic (exact) mass is 280 g/mol. The molecule has 3 aromatic rings. The molecule has 0 radical (unpaired) electrons. The lowest BCUT2D eigenvalue weighted by Gasteiger charge is -2.13. The number of hydrogen-bond acceptors (Lipinski definition) is 3. The Morgan fingerprint density at radius 3 is 2.95 bits per heavy atom. The molecule has 0 amide bonds. The Kier molecular flexibility index (Phi) is 2.67. The van der Waals surface area contributed by atoms with E-state index in [2.05, 4.69) is 10.1 Å². The molecule has 3 aromatic heterocycles. The fraction of sp³-hybridized carbons (Fsp3) is 0.312.